The number of hydrogen-bond acceptors (Lipinski definition) is 3. The molecule has 0 bridgehead atoms. The van der Waals surface area contributed by atoms with Gasteiger partial charge in [-0.15, -0.1) is 0 Å². The van der Waals surface area contributed by atoms with E-state index in [-0.39, 0.29) is 11.4 Å². The van der Waals surface area contributed by atoms with E-state index in [1.807, 2.05) is 0 Å². The number of imidazole rings is 1. The zero-order valence-electron chi connectivity index (χ0n) is 10.4. The normalized spacial score (nSPS) is 12.2. The van der Waals surface area contributed by atoms with Crippen molar-refractivity contribution in [3.63, 3.8) is 0 Å². The van der Waals surface area contributed by atoms with Crippen LogP contribution in [0.5, 0.6) is 0 Å². The molecule has 0 saturated heterocycles. The Morgan fingerprint density at radius 2 is 2.16 bits per heavy atom. The number of benzene rings is 1. The minimum Gasteiger partial charge on any atom is -0.467 e. The van der Waals surface area contributed by atoms with E-state index in [0.717, 1.165) is 12.1 Å². The maximum Gasteiger partial charge on any atom is 0.328 e. The first kappa shape index (κ1) is 13.2. The molecule has 1 heterocycles. The van der Waals surface area contributed by atoms with Crippen molar-refractivity contribution >= 4 is 5.97 Å². The smallest absolute Gasteiger partial charge is 0.328 e. The molecule has 0 N–H and O–H groups in total. The predicted octanol–water partition coefficient (Wildman–Crippen LogP) is 2.56. The van der Waals surface area contributed by atoms with E-state index in [0.29, 0.717) is 0 Å². The number of esters is 1. The fourth-order valence-electron chi connectivity index (χ4n) is 1.79. The third-order valence-corrected chi connectivity index (χ3v) is 2.80. The SMILES string of the molecule is COC(=O)C(C)n1ccnc1-c1ccc(F)cc1F. The van der Waals surface area contributed by atoms with Crippen molar-refractivity contribution in [1.82, 2.24) is 9.55 Å². The molecule has 1 aromatic carbocycles. The highest BCUT2D eigenvalue weighted by molar-refractivity contribution is 5.74. The minimum atomic E-state index is -0.732. The summed E-state index contributed by atoms with van der Waals surface area (Å²) < 4.78 is 32.7. The molecule has 0 spiro atoms. The van der Waals surface area contributed by atoms with Crippen molar-refractivity contribution in [2.24, 2.45) is 0 Å². The number of carbonyl (C=O) groups is 1. The number of nitrogens with zero attached hydrogens (tertiary/aromatic N) is 2. The topological polar surface area (TPSA) is 44.1 Å². The molecule has 6 heteroatoms. The summed E-state index contributed by atoms with van der Waals surface area (Å²) in [6, 6.07) is 2.55. The summed E-state index contributed by atoms with van der Waals surface area (Å²) >= 11 is 0. The van der Waals surface area contributed by atoms with Gasteiger partial charge in [0.2, 0.25) is 0 Å². The first-order chi connectivity index (χ1) is 9.04. The highest BCUT2D eigenvalue weighted by Gasteiger charge is 2.20. The van der Waals surface area contributed by atoms with E-state index < -0.39 is 23.6 Å². The molecule has 0 aliphatic rings. The lowest BCUT2D eigenvalue weighted by Crippen LogP contribution is -2.18. The summed E-state index contributed by atoms with van der Waals surface area (Å²) in [5.74, 6) is -1.62. The standard InChI is InChI=1S/C13H12F2N2O2/c1-8(13(18)19-2)17-6-5-16-12(17)10-4-3-9(14)7-11(10)15/h3-8H,1-2H3. The van der Waals surface area contributed by atoms with Gasteiger partial charge in [0.1, 0.15) is 23.5 Å². The highest BCUT2D eigenvalue weighted by atomic mass is 19.1. The zero-order valence-corrected chi connectivity index (χ0v) is 10.4. The second-order valence-corrected chi connectivity index (χ2v) is 3.98. The zero-order chi connectivity index (χ0) is 14.0. The van der Waals surface area contributed by atoms with Crippen molar-refractivity contribution in [2.75, 3.05) is 7.11 Å². The average Bonchev–Trinajstić information content (AvgIpc) is 2.86. The van der Waals surface area contributed by atoms with Gasteiger partial charge in [-0.3, -0.25) is 0 Å². The Morgan fingerprint density at radius 1 is 1.42 bits per heavy atom. The van der Waals surface area contributed by atoms with Gasteiger partial charge in [0.15, 0.2) is 0 Å². The van der Waals surface area contributed by atoms with Crippen molar-refractivity contribution in [1.29, 1.82) is 0 Å². The molecule has 2 rings (SSSR count). The Hall–Kier alpha value is -2.24. The second kappa shape index (κ2) is 5.17. The third kappa shape index (κ3) is 2.47. The van der Waals surface area contributed by atoms with Gasteiger partial charge in [-0.05, 0) is 19.1 Å². The number of halogens is 2. The highest BCUT2D eigenvalue weighted by Crippen LogP contribution is 2.24. The number of rotatable bonds is 3. The van der Waals surface area contributed by atoms with Crippen molar-refractivity contribution < 1.29 is 18.3 Å². The number of methoxy groups -OCH3 is 1. The van der Waals surface area contributed by atoms with Crippen LogP contribution in [-0.4, -0.2) is 22.6 Å². The van der Waals surface area contributed by atoms with E-state index in [2.05, 4.69) is 9.72 Å². The van der Waals surface area contributed by atoms with Crippen LogP contribution in [0, 0.1) is 11.6 Å². The van der Waals surface area contributed by atoms with Crippen LogP contribution in [0.25, 0.3) is 11.4 Å². The molecule has 0 amide bonds. The van der Waals surface area contributed by atoms with Gasteiger partial charge in [-0.25, -0.2) is 18.6 Å². The van der Waals surface area contributed by atoms with Crippen LogP contribution in [0.4, 0.5) is 8.78 Å². The summed E-state index contributed by atoms with van der Waals surface area (Å²) in [5.41, 5.74) is 0.127. The summed E-state index contributed by atoms with van der Waals surface area (Å²) in [5, 5.41) is 0. The van der Waals surface area contributed by atoms with Crippen LogP contribution >= 0.6 is 0 Å². The van der Waals surface area contributed by atoms with Gasteiger partial charge in [-0.2, -0.15) is 0 Å². The Bertz CT molecular complexity index is 610. The van der Waals surface area contributed by atoms with Crippen LogP contribution in [0.2, 0.25) is 0 Å². The lowest BCUT2D eigenvalue weighted by Gasteiger charge is -2.14. The molecule has 4 nitrogen and oxygen atoms in total. The molecule has 19 heavy (non-hydrogen) atoms. The van der Waals surface area contributed by atoms with Crippen LogP contribution < -0.4 is 0 Å². The first-order valence-electron chi connectivity index (χ1n) is 5.60. The van der Waals surface area contributed by atoms with Gasteiger partial charge in [0, 0.05) is 18.5 Å². The molecule has 0 fully saturated rings. The number of hydrogen-bond donors (Lipinski definition) is 0. The lowest BCUT2D eigenvalue weighted by molar-refractivity contribution is -0.143. The van der Waals surface area contributed by atoms with Gasteiger partial charge in [0.25, 0.3) is 0 Å². The number of aromatic nitrogens is 2. The van der Waals surface area contributed by atoms with Gasteiger partial charge in [0.05, 0.1) is 12.7 Å². The average molecular weight is 266 g/mol. The van der Waals surface area contributed by atoms with E-state index in [1.165, 1.54) is 23.9 Å². The van der Waals surface area contributed by atoms with E-state index in [1.54, 1.807) is 13.1 Å². The quantitative estimate of drug-likeness (QED) is 0.802. The Kier molecular flexibility index (Phi) is 3.59. The monoisotopic (exact) mass is 266 g/mol. The van der Waals surface area contributed by atoms with E-state index >= 15 is 0 Å². The summed E-state index contributed by atoms with van der Waals surface area (Å²) in [4.78, 5) is 15.5. The fourth-order valence-corrected chi connectivity index (χ4v) is 1.79. The Morgan fingerprint density at radius 3 is 2.79 bits per heavy atom. The van der Waals surface area contributed by atoms with Gasteiger partial charge >= 0.3 is 5.97 Å². The maximum absolute atomic E-state index is 13.7. The van der Waals surface area contributed by atoms with Crippen molar-refractivity contribution in [2.45, 2.75) is 13.0 Å². The van der Waals surface area contributed by atoms with Gasteiger partial charge < -0.3 is 9.30 Å². The molecule has 2 aromatic rings. The number of carbonyl (C=O) groups excluding carboxylic acids is 1. The van der Waals surface area contributed by atoms with Crippen LogP contribution in [-0.2, 0) is 9.53 Å². The molecule has 1 aromatic heterocycles. The third-order valence-electron chi connectivity index (χ3n) is 2.80. The van der Waals surface area contributed by atoms with Crippen LogP contribution in [0.1, 0.15) is 13.0 Å². The van der Waals surface area contributed by atoms with Crippen LogP contribution in [0.15, 0.2) is 30.6 Å². The summed E-state index contributed by atoms with van der Waals surface area (Å²) in [6.07, 6.45) is 2.98. The molecule has 1 unspecified atom stereocenters. The Labute approximate surface area is 108 Å². The molecule has 1 atom stereocenters. The molecule has 0 saturated carbocycles. The van der Waals surface area contributed by atoms with Crippen molar-refractivity contribution in [3.05, 3.63) is 42.2 Å². The first-order valence-corrected chi connectivity index (χ1v) is 5.60. The maximum atomic E-state index is 13.7. The molecular formula is C13H12F2N2O2. The van der Waals surface area contributed by atoms with Gasteiger partial charge in [-0.1, -0.05) is 0 Å². The van der Waals surface area contributed by atoms with Crippen molar-refractivity contribution in [3.8, 4) is 11.4 Å². The molecule has 0 aliphatic heterocycles. The molecule has 0 aliphatic carbocycles. The molecule has 0 radical (unpaired) electrons. The van der Waals surface area contributed by atoms with E-state index in [4.69, 9.17) is 0 Å². The lowest BCUT2D eigenvalue weighted by atomic mass is 10.2. The molecular weight excluding hydrogens is 254 g/mol. The minimum absolute atomic E-state index is 0.127. The fraction of sp³-hybridized carbons (Fsp3) is 0.231. The largest absolute Gasteiger partial charge is 0.467 e. The predicted molar refractivity (Wildman–Crippen MR) is 64.3 cm³/mol. The number of ether oxygens (including phenoxy) is 1. The summed E-state index contributed by atoms with van der Waals surface area (Å²) in [7, 11) is 1.27. The second-order valence-electron chi connectivity index (χ2n) is 3.98. The molecule has 100 valence electrons. The summed E-state index contributed by atoms with van der Waals surface area (Å²) in [6.45, 7) is 1.61. The Balaban J connectivity index is 2.47. The van der Waals surface area contributed by atoms with E-state index in [9.17, 15) is 13.6 Å². The van der Waals surface area contributed by atoms with Crippen LogP contribution in [0.3, 0.4) is 0 Å².